The van der Waals surface area contributed by atoms with E-state index in [4.69, 9.17) is 17.0 Å². The lowest BCUT2D eigenvalue weighted by Gasteiger charge is -2.32. The fourth-order valence-corrected chi connectivity index (χ4v) is 1.77. The Morgan fingerprint density at radius 2 is 2.00 bits per heavy atom. The van der Waals surface area contributed by atoms with Gasteiger partial charge in [0, 0.05) is 25.7 Å². The number of methoxy groups -OCH3 is 1. The zero-order valence-electron chi connectivity index (χ0n) is 10.5. The molecule has 1 atom stereocenters. The lowest BCUT2D eigenvalue weighted by Crippen LogP contribution is -2.48. The minimum absolute atomic E-state index is 0.381. The van der Waals surface area contributed by atoms with Crippen LogP contribution in [0.2, 0.25) is 0 Å². The van der Waals surface area contributed by atoms with Crippen molar-refractivity contribution in [2.45, 2.75) is 46.2 Å². The first-order chi connectivity index (χ1) is 7.02. The van der Waals surface area contributed by atoms with Crippen LogP contribution in [0.4, 0.5) is 0 Å². The van der Waals surface area contributed by atoms with E-state index in [0.29, 0.717) is 18.7 Å². The maximum Gasteiger partial charge on any atom is 0.169 e. The highest BCUT2D eigenvalue weighted by Crippen LogP contribution is 2.04. The van der Waals surface area contributed by atoms with Crippen LogP contribution < -0.4 is 5.32 Å². The molecule has 1 unspecified atom stereocenters. The summed E-state index contributed by atoms with van der Waals surface area (Å²) in [7, 11) is 1.72. The maximum absolute atomic E-state index is 5.37. The van der Waals surface area contributed by atoms with Gasteiger partial charge in [0.2, 0.25) is 0 Å². The molecule has 0 radical (unpaired) electrons. The molecule has 0 aromatic carbocycles. The first-order valence-corrected chi connectivity index (χ1v) is 5.99. The molecule has 3 nitrogen and oxygen atoms in total. The van der Waals surface area contributed by atoms with Gasteiger partial charge in [-0.05, 0) is 39.4 Å². The number of nitrogens with zero attached hydrogens (tertiary/aromatic N) is 1. The van der Waals surface area contributed by atoms with E-state index in [1.807, 2.05) is 0 Å². The quantitative estimate of drug-likeness (QED) is 0.708. The Morgan fingerprint density at radius 1 is 1.40 bits per heavy atom. The third-order valence-electron chi connectivity index (χ3n) is 2.33. The van der Waals surface area contributed by atoms with E-state index in [1.165, 1.54) is 0 Å². The molecule has 0 saturated heterocycles. The largest absolute Gasteiger partial charge is 0.383 e. The highest BCUT2D eigenvalue weighted by molar-refractivity contribution is 7.80. The van der Waals surface area contributed by atoms with E-state index in [1.54, 1.807) is 7.11 Å². The third-order valence-corrected chi connectivity index (χ3v) is 2.68. The minimum Gasteiger partial charge on any atom is -0.383 e. The maximum atomic E-state index is 5.37. The Kier molecular flexibility index (Phi) is 7.70. The van der Waals surface area contributed by atoms with Gasteiger partial charge in [-0.2, -0.15) is 0 Å². The van der Waals surface area contributed by atoms with Gasteiger partial charge < -0.3 is 15.0 Å². The molecular weight excluding hydrogens is 208 g/mol. The second kappa shape index (κ2) is 7.88. The molecule has 15 heavy (non-hydrogen) atoms. The Balaban J connectivity index is 4.26. The molecule has 0 aliphatic heterocycles. The Hall–Kier alpha value is -0.350. The molecule has 0 bridgehead atoms. The second-order valence-corrected chi connectivity index (χ2v) is 4.43. The van der Waals surface area contributed by atoms with Crippen LogP contribution in [0.5, 0.6) is 0 Å². The van der Waals surface area contributed by atoms with Crippen molar-refractivity contribution >= 4 is 17.3 Å². The molecule has 0 aromatic rings. The van der Waals surface area contributed by atoms with E-state index in [-0.39, 0.29) is 0 Å². The first-order valence-electron chi connectivity index (χ1n) is 5.59. The van der Waals surface area contributed by atoms with E-state index in [9.17, 15) is 0 Å². The third kappa shape index (κ3) is 5.95. The second-order valence-electron chi connectivity index (χ2n) is 4.05. The minimum atomic E-state index is 0.381. The fraction of sp³-hybridized carbons (Fsp3) is 0.909. The van der Waals surface area contributed by atoms with Gasteiger partial charge in [0.05, 0.1) is 6.61 Å². The number of ether oxygens (including phenoxy) is 1. The lowest BCUT2D eigenvalue weighted by atomic mass is 10.2. The van der Waals surface area contributed by atoms with E-state index in [2.05, 4.69) is 37.9 Å². The molecule has 4 heteroatoms. The zero-order valence-corrected chi connectivity index (χ0v) is 11.4. The average molecular weight is 232 g/mol. The summed E-state index contributed by atoms with van der Waals surface area (Å²) in [5.41, 5.74) is 0. The number of hydrogen-bond acceptors (Lipinski definition) is 2. The van der Waals surface area contributed by atoms with Crippen LogP contribution in [0.15, 0.2) is 0 Å². The monoisotopic (exact) mass is 232 g/mol. The van der Waals surface area contributed by atoms with Gasteiger partial charge >= 0.3 is 0 Å². The summed E-state index contributed by atoms with van der Waals surface area (Å²) in [6.45, 7) is 10.1. The molecule has 0 aromatic heterocycles. The molecule has 90 valence electrons. The zero-order chi connectivity index (χ0) is 11.8. The SMILES string of the molecule is CCC(C)N(CCOC)C(=S)NC(C)C. The topological polar surface area (TPSA) is 24.5 Å². The van der Waals surface area contributed by atoms with Gasteiger partial charge in [0.15, 0.2) is 5.11 Å². The molecule has 0 heterocycles. The average Bonchev–Trinajstić information content (AvgIpc) is 2.16. The standard InChI is InChI=1S/C11H24N2OS/c1-6-10(4)13(7-8-14-5)11(15)12-9(2)3/h9-10H,6-8H2,1-5H3,(H,12,15). The molecule has 0 amide bonds. The predicted octanol–water partition coefficient (Wildman–Crippen LogP) is 2.02. The van der Waals surface area contributed by atoms with Crippen molar-refractivity contribution in [2.75, 3.05) is 20.3 Å². The van der Waals surface area contributed by atoms with Crippen molar-refractivity contribution in [3.05, 3.63) is 0 Å². The van der Waals surface area contributed by atoms with Gasteiger partial charge in [-0.15, -0.1) is 0 Å². The van der Waals surface area contributed by atoms with Crippen molar-refractivity contribution in [1.29, 1.82) is 0 Å². The van der Waals surface area contributed by atoms with Crippen LogP contribution in [0.25, 0.3) is 0 Å². The highest BCUT2D eigenvalue weighted by Gasteiger charge is 2.15. The molecule has 0 fully saturated rings. The summed E-state index contributed by atoms with van der Waals surface area (Å²) in [6.07, 6.45) is 1.09. The molecule has 0 aliphatic carbocycles. The van der Waals surface area contributed by atoms with Crippen LogP contribution in [0.3, 0.4) is 0 Å². The molecule has 0 aliphatic rings. The first kappa shape index (κ1) is 14.6. The van der Waals surface area contributed by atoms with Gasteiger partial charge in [-0.3, -0.25) is 0 Å². The summed E-state index contributed by atoms with van der Waals surface area (Å²) < 4.78 is 5.09. The van der Waals surface area contributed by atoms with Crippen molar-refractivity contribution in [1.82, 2.24) is 10.2 Å². The van der Waals surface area contributed by atoms with Crippen LogP contribution in [0.1, 0.15) is 34.1 Å². The van der Waals surface area contributed by atoms with Crippen LogP contribution in [-0.4, -0.2) is 42.4 Å². The normalized spacial score (nSPS) is 12.7. The predicted molar refractivity (Wildman–Crippen MR) is 69.2 cm³/mol. The van der Waals surface area contributed by atoms with Crippen molar-refractivity contribution in [3.63, 3.8) is 0 Å². The van der Waals surface area contributed by atoms with Gasteiger partial charge in [0.1, 0.15) is 0 Å². The lowest BCUT2D eigenvalue weighted by molar-refractivity contribution is 0.162. The number of rotatable bonds is 6. The van der Waals surface area contributed by atoms with E-state index in [0.717, 1.165) is 18.1 Å². The number of thiocarbonyl (C=S) groups is 1. The molecular formula is C11H24N2OS. The van der Waals surface area contributed by atoms with Gasteiger partial charge in [0.25, 0.3) is 0 Å². The smallest absolute Gasteiger partial charge is 0.169 e. The fourth-order valence-electron chi connectivity index (χ4n) is 1.26. The summed E-state index contributed by atoms with van der Waals surface area (Å²) in [4.78, 5) is 2.19. The molecule has 0 rings (SSSR count). The van der Waals surface area contributed by atoms with Crippen molar-refractivity contribution in [3.8, 4) is 0 Å². The number of hydrogen-bond donors (Lipinski definition) is 1. The Labute approximate surface area is 99.2 Å². The molecule has 0 spiro atoms. The van der Waals surface area contributed by atoms with Crippen molar-refractivity contribution < 1.29 is 4.74 Å². The van der Waals surface area contributed by atoms with Crippen molar-refractivity contribution in [2.24, 2.45) is 0 Å². The summed E-state index contributed by atoms with van der Waals surface area (Å²) in [5, 5.41) is 4.10. The Morgan fingerprint density at radius 3 is 2.40 bits per heavy atom. The summed E-state index contributed by atoms with van der Waals surface area (Å²) in [6, 6.07) is 0.838. The summed E-state index contributed by atoms with van der Waals surface area (Å²) >= 11 is 5.37. The van der Waals surface area contributed by atoms with Crippen LogP contribution >= 0.6 is 12.2 Å². The van der Waals surface area contributed by atoms with E-state index < -0.39 is 0 Å². The van der Waals surface area contributed by atoms with Gasteiger partial charge in [-0.25, -0.2) is 0 Å². The van der Waals surface area contributed by atoms with Gasteiger partial charge in [-0.1, -0.05) is 6.92 Å². The molecule has 0 saturated carbocycles. The number of nitrogens with one attached hydrogen (secondary N) is 1. The van der Waals surface area contributed by atoms with Crippen LogP contribution in [-0.2, 0) is 4.74 Å². The van der Waals surface area contributed by atoms with E-state index >= 15 is 0 Å². The molecule has 1 N–H and O–H groups in total. The summed E-state index contributed by atoms with van der Waals surface area (Å²) in [5.74, 6) is 0. The Bertz CT molecular complexity index is 185. The van der Waals surface area contributed by atoms with Crippen LogP contribution in [0, 0.1) is 0 Å². The highest BCUT2D eigenvalue weighted by atomic mass is 32.1.